The van der Waals surface area contributed by atoms with E-state index in [1.807, 2.05) is 4.68 Å². The first kappa shape index (κ1) is 13.3. The third kappa shape index (κ3) is 2.99. The summed E-state index contributed by atoms with van der Waals surface area (Å²) in [4.78, 5) is 4.37. The summed E-state index contributed by atoms with van der Waals surface area (Å²) in [5.74, 6) is 1.04. The lowest BCUT2D eigenvalue weighted by molar-refractivity contribution is 0.298. The fourth-order valence-electron chi connectivity index (χ4n) is 2.90. The zero-order chi connectivity index (χ0) is 13.3. The van der Waals surface area contributed by atoms with E-state index in [1.165, 1.54) is 5.57 Å². The quantitative estimate of drug-likeness (QED) is 0.836. The molecule has 100 valence electrons. The van der Waals surface area contributed by atoms with Crippen molar-refractivity contribution < 1.29 is 0 Å². The fraction of sp³-hybridized carbons (Fsp3) is 0.714. The number of nitrogens with two attached hydrogens (primary N) is 1. The van der Waals surface area contributed by atoms with Crippen LogP contribution in [-0.4, -0.2) is 20.8 Å². The van der Waals surface area contributed by atoms with Crippen LogP contribution >= 0.6 is 0 Å². The molecule has 1 unspecified atom stereocenters. The molecular formula is C14H24N4. The molecule has 0 saturated heterocycles. The molecule has 0 fully saturated rings. The van der Waals surface area contributed by atoms with Crippen molar-refractivity contribution in [3.8, 4) is 0 Å². The van der Waals surface area contributed by atoms with E-state index in [1.54, 1.807) is 6.33 Å². The number of rotatable bonds is 3. The lowest BCUT2D eigenvalue weighted by atomic mass is 9.75. The predicted octanol–water partition coefficient (Wildman–Crippen LogP) is 2.48. The molecule has 4 nitrogen and oxygen atoms in total. The average Bonchev–Trinajstić information content (AvgIpc) is 2.62. The summed E-state index contributed by atoms with van der Waals surface area (Å²) in [6, 6.07) is 0.535. The second-order valence-electron chi connectivity index (χ2n) is 6.43. The maximum absolute atomic E-state index is 6.11. The van der Waals surface area contributed by atoms with Crippen molar-refractivity contribution in [2.75, 3.05) is 0 Å². The topological polar surface area (TPSA) is 56.7 Å². The Morgan fingerprint density at radius 2 is 2.22 bits per heavy atom. The van der Waals surface area contributed by atoms with Crippen LogP contribution in [0.4, 0.5) is 0 Å². The van der Waals surface area contributed by atoms with Crippen LogP contribution in [0.25, 0.3) is 0 Å². The van der Waals surface area contributed by atoms with Crippen molar-refractivity contribution in [1.29, 1.82) is 0 Å². The van der Waals surface area contributed by atoms with E-state index in [0.717, 1.165) is 25.1 Å². The largest absolute Gasteiger partial charge is 0.324 e. The Labute approximate surface area is 109 Å². The monoisotopic (exact) mass is 248 g/mol. The Morgan fingerprint density at radius 3 is 2.83 bits per heavy atom. The van der Waals surface area contributed by atoms with E-state index in [2.05, 4.69) is 43.9 Å². The summed E-state index contributed by atoms with van der Waals surface area (Å²) in [5.41, 5.74) is 7.80. The highest BCUT2D eigenvalue weighted by Crippen LogP contribution is 2.35. The summed E-state index contributed by atoms with van der Waals surface area (Å²) in [7, 11) is 0. The van der Waals surface area contributed by atoms with Gasteiger partial charge >= 0.3 is 0 Å². The Balaban J connectivity index is 2.16. The van der Waals surface area contributed by atoms with E-state index in [9.17, 15) is 0 Å². The van der Waals surface area contributed by atoms with Crippen LogP contribution in [0.1, 0.15) is 52.4 Å². The molecule has 0 radical (unpaired) electrons. The molecule has 1 atom stereocenters. The highest BCUT2D eigenvalue weighted by atomic mass is 15.3. The molecule has 0 spiro atoms. The van der Waals surface area contributed by atoms with Gasteiger partial charge in [-0.15, -0.1) is 0 Å². The molecule has 18 heavy (non-hydrogen) atoms. The molecule has 0 amide bonds. The molecule has 0 bridgehead atoms. The normalized spacial score (nSPS) is 23.2. The molecule has 0 aliphatic heterocycles. The average molecular weight is 248 g/mol. The smallest absolute Gasteiger partial charge is 0.138 e. The first-order valence-electron chi connectivity index (χ1n) is 6.71. The highest BCUT2D eigenvalue weighted by Gasteiger charge is 2.27. The summed E-state index contributed by atoms with van der Waals surface area (Å²) in [5, 5.41) is 4.28. The van der Waals surface area contributed by atoms with Crippen LogP contribution in [0.15, 0.2) is 18.0 Å². The SMILES string of the molecule is CC(C)n1ncnc1CC1=CC(N)CC(C)(C)C1. The fourth-order valence-corrected chi connectivity index (χ4v) is 2.90. The van der Waals surface area contributed by atoms with Gasteiger partial charge in [-0.05, 0) is 32.1 Å². The maximum atomic E-state index is 6.11. The van der Waals surface area contributed by atoms with Crippen molar-refractivity contribution in [3.63, 3.8) is 0 Å². The standard InChI is InChI=1S/C14H24N4/c1-10(2)18-13(16-9-17-18)6-11-5-12(15)8-14(3,4)7-11/h5,9-10,12H,6-8,15H2,1-4H3. The molecule has 4 heteroatoms. The number of hydrogen-bond donors (Lipinski definition) is 1. The van der Waals surface area contributed by atoms with E-state index >= 15 is 0 Å². The van der Waals surface area contributed by atoms with Gasteiger partial charge < -0.3 is 5.73 Å². The van der Waals surface area contributed by atoms with E-state index in [0.29, 0.717) is 11.5 Å². The molecule has 1 aromatic rings. The van der Waals surface area contributed by atoms with Crippen LogP contribution < -0.4 is 5.73 Å². The van der Waals surface area contributed by atoms with Gasteiger partial charge in [0.1, 0.15) is 12.2 Å². The van der Waals surface area contributed by atoms with E-state index in [4.69, 9.17) is 5.73 Å². The van der Waals surface area contributed by atoms with Crippen molar-refractivity contribution in [1.82, 2.24) is 14.8 Å². The molecule has 2 rings (SSSR count). The van der Waals surface area contributed by atoms with Gasteiger partial charge in [0, 0.05) is 18.5 Å². The van der Waals surface area contributed by atoms with Crippen LogP contribution in [0.2, 0.25) is 0 Å². The molecular weight excluding hydrogens is 224 g/mol. The molecule has 1 heterocycles. The number of aromatic nitrogens is 3. The zero-order valence-electron chi connectivity index (χ0n) is 11.8. The lowest BCUT2D eigenvalue weighted by Gasteiger charge is -2.33. The van der Waals surface area contributed by atoms with Crippen LogP contribution in [-0.2, 0) is 6.42 Å². The lowest BCUT2D eigenvalue weighted by Crippen LogP contribution is -2.31. The Bertz CT molecular complexity index is 442. The molecule has 1 aliphatic carbocycles. The summed E-state index contributed by atoms with van der Waals surface area (Å²) < 4.78 is 1.99. The molecule has 1 aliphatic rings. The minimum absolute atomic E-state index is 0.180. The van der Waals surface area contributed by atoms with Gasteiger partial charge in [-0.25, -0.2) is 9.67 Å². The third-order valence-corrected chi connectivity index (χ3v) is 3.47. The number of allylic oxidation sites excluding steroid dienone is 1. The molecule has 0 aromatic carbocycles. The number of hydrogen-bond acceptors (Lipinski definition) is 3. The molecule has 2 N–H and O–H groups in total. The second kappa shape index (κ2) is 4.84. The van der Waals surface area contributed by atoms with Crippen molar-refractivity contribution in [2.24, 2.45) is 11.1 Å². The van der Waals surface area contributed by atoms with Gasteiger partial charge in [0.2, 0.25) is 0 Å². The van der Waals surface area contributed by atoms with E-state index in [-0.39, 0.29) is 6.04 Å². The van der Waals surface area contributed by atoms with Crippen molar-refractivity contribution in [2.45, 2.75) is 59.0 Å². The van der Waals surface area contributed by atoms with Crippen LogP contribution in [0.5, 0.6) is 0 Å². The molecule has 0 saturated carbocycles. The second-order valence-corrected chi connectivity index (χ2v) is 6.43. The summed E-state index contributed by atoms with van der Waals surface area (Å²) >= 11 is 0. The van der Waals surface area contributed by atoms with Gasteiger partial charge in [-0.3, -0.25) is 0 Å². The van der Waals surface area contributed by atoms with Gasteiger partial charge in [0.25, 0.3) is 0 Å². The van der Waals surface area contributed by atoms with Crippen molar-refractivity contribution >= 4 is 0 Å². The Hall–Kier alpha value is -1.16. The van der Waals surface area contributed by atoms with Gasteiger partial charge in [0.15, 0.2) is 0 Å². The van der Waals surface area contributed by atoms with Crippen molar-refractivity contribution in [3.05, 3.63) is 23.8 Å². The van der Waals surface area contributed by atoms with Gasteiger partial charge in [-0.1, -0.05) is 25.5 Å². The molecule has 1 aromatic heterocycles. The first-order chi connectivity index (χ1) is 8.37. The van der Waals surface area contributed by atoms with Crippen LogP contribution in [0.3, 0.4) is 0 Å². The summed E-state index contributed by atoms with van der Waals surface area (Å²) in [6.07, 6.45) is 6.89. The predicted molar refractivity (Wildman–Crippen MR) is 73.2 cm³/mol. The minimum atomic E-state index is 0.180. The highest BCUT2D eigenvalue weighted by molar-refractivity contribution is 5.18. The van der Waals surface area contributed by atoms with E-state index < -0.39 is 0 Å². The maximum Gasteiger partial charge on any atom is 0.138 e. The number of nitrogens with zero attached hydrogens (tertiary/aromatic N) is 3. The first-order valence-corrected chi connectivity index (χ1v) is 6.71. The minimum Gasteiger partial charge on any atom is -0.324 e. The van der Waals surface area contributed by atoms with Gasteiger partial charge in [-0.2, -0.15) is 5.10 Å². The zero-order valence-corrected chi connectivity index (χ0v) is 11.8. The summed E-state index contributed by atoms with van der Waals surface area (Å²) in [6.45, 7) is 8.83. The Kier molecular flexibility index (Phi) is 3.57. The van der Waals surface area contributed by atoms with Gasteiger partial charge in [0.05, 0.1) is 0 Å². The van der Waals surface area contributed by atoms with Crippen LogP contribution in [0, 0.1) is 5.41 Å². The third-order valence-electron chi connectivity index (χ3n) is 3.47. The Morgan fingerprint density at radius 1 is 1.50 bits per heavy atom.